The SMILES string of the molecule is CCCNC(c1ccccc1)C(CC)SCCC. The molecule has 0 heterocycles. The Morgan fingerprint density at radius 2 is 1.78 bits per heavy atom. The van der Waals surface area contributed by atoms with Crippen LogP contribution in [0.5, 0.6) is 0 Å². The van der Waals surface area contributed by atoms with Crippen molar-refractivity contribution in [2.24, 2.45) is 0 Å². The third-order valence-corrected chi connectivity index (χ3v) is 4.76. The molecule has 2 heteroatoms. The van der Waals surface area contributed by atoms with Crippen molar-refractivity contribution in [3.63, 3.8) is 0 Å². The van der Waals surface area contributed by atoms with Gasteiger partial charge in [-0.3, -0.25) is 0 Å². The summed E-state index contributed by atoms with van der Waals surface area (Å²) in [6.45, 7) is 7.89. The van der Waals surface area contributed by atoms with Gasteiger partial charge in [0.15, 0.2) is 0 Å². The fraction of sp³-hybridized carbons (Fsp3) is 0.625. The van der Waals surface area contributed by atoms with Crippen LogP contribution < -0.4 is 5.32 Å². The maximum atomic E-state index is 3.72. The lowest BCUT2D eigenvalue weighted by atomic mass is 10.0. The van der Waals surface area contributed by atoms with E-state index in [9.17, 15) is 0 Å². The average Bonchev–Trinajstić information content (AvgIpc) is 2.43. The molecule has 0 aromatic heterocycles. The number of rotatable bonds is 9. The van der Waals surface area contributed by atoms with Crippen LogP contribution in [-0.4, -0.2) is 17.5 Å². The van der Waals surface area contributed by atoms with Gasteiger partial charge < -0.3 is 5.32 Å². The highest BCUT2D eigenvalue weighted by Crippen LogP contribution is 2.29. The second-order valence-corrected chi connectivity index (χ2v) is 6.01. The van der Waals surface area contributed by atoms with Crippen molar-refractivity contribution in [3.05, 3.63) is 35.9 Å². The Labute approximate surface area is 117 Å². The smallest absolute Gasteiger partial charge is 0.0440 e. The summed E-state index contributed by atoms with van der Waals surface area (Å²) >= 11 is 2.11. The third kappa shape index (κ3) is 5.03. The van der Waals surface area contributed by atoms with Gasteiger partial charge in [-0.15, -0.1) is 0 Å². The van der Waals surface area contributed by atoms with Crippen LogP contribution in [0.15, 0.2) is 30.3 Å². The summed E-state index contributed by atoms with van der Waals surface area (Å²) in [4.78, 5) is 0. The molecule has 0 aliphatic heterocycles. The van der Waals surface area contributed by atoms with Crippen LogP contribution >= 0.6 is 11.8 Å². The van der Waals surface area contributed by atoms with Crippen molar-refractivity contribution >= 4 is 11.8 Å². The molecule has 1 N–H and O–H groups in total. The summed E-state index contributed by atoms with van der Waals surface area (Å²) in [5.41, 5.74) is 1.43. The lowest BCUT2D eigenvalue weighted by molar-refractivity contribution is 0.505. The predicted molar refractivity (Wildman–Crippen MR) is 84.3 cm³/mol. The summed E-state index contributed by atoms with van der Waals surface area (Å²) in [5.74, 6) is 1.26. The molecular formula is C16H27NS. The fourth-order valence-corrected chi connectivity index (χ4v) is 3.36. The van der Waals surface area contributed by atoms with Crippen molar-refractivity contribution in [3.8, 4) is 0 Å². The monoisotopic (exact) mass is 265 g/mol. The molecule has 1 aromatic carbocycles. The Morgan fingerprint density at radius 1 is 1.06 bits per heavy atom. The molecule has 0 saturated carbocycles. The second-order valence-electron chi connectivity index (χ2n) is 4.66. The Balaban J connectivity index is 2.75. The molecule has 2 atom stereocenters. The Morgan fingerprint density at radius 3 is 2.33 bits per heavy atom. The van der Waals surface area contributed by atoms with Crippen LogP contribution in [-0.2, 0) is 0 Å². The number of thioether (sulfide) groups is 1. The van der Waals surface area contributed by atoms with Crippen LogP contribution in [0.2, 0.25) is 0 Å². The summed E-state index contributed by atoms with van der Waals surface area (Å²) in [6, 6.07) is 11.4. The van der Waals surface area contributed by atoms with E-state index in [-0.39, 0.29) is 0 Å². The van der Waals surface area contributed by atoms with Gasteiger partial charge in [0.05, 0.1) is 0 Å². The Hall–Kier alpha value is -0.470. The maximum Gasteiger partial charge on any atom is 0.0440 e. The van der Waals surface area contributed by atoms with Gasteiger partial charge in [-0.05, 0) is 37.1 Å². The van der Waals surface area contributed by atoms with Gasteiger partial charge in [-0.25, -0.2) is 0 Å². The zero-order chi connectivity index (χ0) is 13.2. The summed E-state index contributed by atoms with van der Waals surface area (Å²) in [5, 5.41) is 4.40. The minimum atomic E-state index is 0.493. The van der Waals surface area contributed by atoms with Crippen molar-refractivity contribution in [2.45, 2.75) is 51.3 Å². The molecule has 102 valence electrons. The van der Waals surface area contributed by atoms with Crippen LogP contribution in [0.4, 0.5) is 0 Å². The van der Waals surface area contributed by atoms with Gasteiger partial charge in [0.1, 0.15) is 0 Å². The number of hydrogen-bond acceptors (Lipinski definition) is 2. The van der Waals surface area contributed by atoms with Crippen LogP contribution in [0.3, 0.4) is 0 Å². The molecule has 0 radical (unpaired) electrons. The summed E-state index contributed by atoms with van der Waals surface area (Å²) < 4.78 is 0. The highest BCUT2D eigenvalue weighted by molar-refractivity contribution is 7.99. The first-order valence-electron chi connectivity index (χ1n) is 7.23. The fourth-order valence-electron chi connectivity index (χ4n) is 2.14. The van der Waals surface area contributed by atoms with E-state index in [1.807, 2.05) is 0 Å². The van der Waals surface area contributed by atoms with Gasteiger partial charge in [0.2, 0.25) is 0 Å². The van der Waals surface area contributed by atoms with E-state index in [1.54, 1.807) is 0 Å². The van der Waals surface area contributed by atoms with E-state index < -0.39 is 0 Å². The molecule has 18 heavy (non-hydrogen) atoms. The van der Waals surface area contributed by atoms with Gasteiger partial charge in [-0.1, -0.05) is 51.1 Å². The van der Waals surface area contributed by atoms with E-state index in [4.69, 9.17) is 0 Å². The topological polar surface area (TPSA) is 12.0 Å². The summed E-state index contributed by atoms with van der Waals surface area (Å²) in [7, 11) is 0. The average molecular weight is 265 g/mol. The Kier molecular flexibility index (Phi) is 8.19. The van der Waals surface area contributed by atoms with Crippen molar-refractivity contribution in [1.29, 1.82) is 0 Å². The molecule has 0 bridgehead atoms. The number of benzene rings is 1. The quantitative estimate of drug-likeness (QED) is 0.697. The molecule has 0 amide bonds. The van der Waals surface area contributed by atoms with Crippen molar-refractivity contribution < 1.29 is 0 Å². The minimum absolute atomic E-state index is 0.493. The van der Waals surface area contributed by atoms with Crippen molar-refractivity contribution in [2.75, 3.05) is 12.3 Å². The molecule has 1 rings (SSSR count). The lowest BCUT2D eigenvalue weighted by Crippen LogP contribution is -2.30. The highest BCUT2D eigenvalue weighted by Gasteiger charge is 2.20. The molecule has 1 aromatic rings. The van der Waals surface area contributed by atoms with E-state index in [2.05, 4.69) is 68.2 Å². The first-order chi connectivity index (χ1) is 8.83. The highest BCUT2D eigenvalue weighted by atomic mass is 32.2. The van der Waals surface area contributed by atoms with Gasteiger partial charge in [0.25, 0.3) is 0 Å². The second kappa shape index (κ2) is 9.46. The first kappa shape index (κ1) is 15.6. The third-order valence-electron chi connectivity index (χ3n) is 3.08. The van der Waals surface area contributed by atoms with Gasteiger partial charge >= 0.3 is 0 Å². The summed E-state index contributed by atoms with van der Waals surface area (Å²) in [6.07, 6.45) is 3.68. The molecule has 0 spiro atoms. The minimum Gasteiger partial charge on any atom is -0.309 e. The molecular weight excluding hydrogens is 238 g/mol. The molecule has 0 aliphatic carbocycles. The lowest BCUT2D eigenvalue weighted by Gasteiger charge is -2.27. The van der Waals surface area contributed by atoms with Crippen LogP contribution in [0.1, 0.15) is 51.6 Å². The normalized spacial score (nSPS) is 14.4. The molecule has 0 saturated heterocycles. The van der Waals surface area contributed by atoms with Crippen LogP contribution in [0.25, 0.3) is 0 Å². The molecule has 0 aliphatic rings. The molecule has 2 unspecified atom stereocenters. The predicted octanol–water partition coefficient (Wildman–Crippen LogP) is 4.65. The number of hydrogen-bond donors (Lipinski definition) is 1. The van der Waals surface area contributed by atoms with E-state index >= 15 is 0 Å². The maximum absolute atomic E-state index is 3.72. The van der Waals surface area contributed by atoms with Gasteiger partial charge in [0, 0.05) is 11.3 Å². The number of nitrogens with one attached hydrogen (secondary N) is 1. The Bertz CT molecular complexity index is 299. The largest absolute Gasteiger partial charge is 0.309 e. The molecule has 0 fully saturated rings. The standard InChI is InChI=1S/C16H27NS/c1-4-12-17-16(14-10-8-7-9-11-14)15(6-3)18-13-5-2/h7-11,15-17H,4-6,12-13H2,1-3H3. The van der Waals surface area contributed by atoms with E-state index in [0.717, 1.165) is 6.54 Å². The van der Waals surface area contributed by atoms with Gasteiger partial charge in [-0.2, -0.15) is 11.8 Å². The van der Waals surface area contributed by atoms with Crippen LogP contribution in [0, 0.1) is 0 Å². The zero-order valence-electron chi connectivity index (χ0n) is 12.0. The zero-order valence-corrected chi connectivity index (χ0v) is 12.8. The van der Waals surface area contributed by atoms with E-state index in [0.29, 0.717) is 11.3 Å². The molecule has 1 nitrogen and oxygen atoms in total. The van der Waals surface area contributed by atoms with E-state index in [1.165, 1.54) is 30.6 Å². The first-order valence-corrected chi connectivity index (χ1v) is 8.28. The van der Waals surface area contributed by atoms with Crippen molar-refractivity contribution in [1.82, 2.24) is 5.32 Å².